The second kappa shape index (κ2) is 5.72. The molecule has 1 amide bonds. The monoisotopic (exact) mass is 331 g/mol. The van der Waals surface area contributed by atoms with Crippen molar-refractivity contribution in [3.8, 4) is 0 Å². The Morgan fingerprint density at radius 1 is 1.29 bits per heavy atom. The molecule has 2 heterocycles. The predicted octanol–water partition coefficient (Wildman–Crippen LogP) is 1.60. The molecule has 10 heteroatoms. The number of nitro groups is 2. The van der Waals surface area contributed by atoms with Crippen LogP contribution in [0.5, 0.6) is 0 Å². The lowest BCUT2D eigenvalue weighted by molar-refractivity contribution is -0.392. The zero-order valence-electron chi connectivity index (χ0n) is 12.7. The Kier molecular flexibility index (Phi) is 3.72. The van der Waals surface area contributed by atoms with Crippen molar-refractivity contribution < 1.29 is 14.6 Å². The Hall–Kier alpha value is -3.30. The van der Waals surface area contributed by atoms with Crippen LogP contribution in [-0.4, -0.2) is 31.8 Å². The van der Waals surface area contributed by atoms with E-state index in [4.69, 9.17) is 0 Å². The number of amides is 1. The first-order chi connectivity index (χ1) is 11.4. The van der Waals surface area contributed by atoms with Crippen LogP contribution in [0.25, 0.3) is 0 Å². The van der Waals surface area contributed by atoms with E-state index >= 15 is 0 Å². The number of imidazole rings is 1. The summed E-state index contributed by atoms with van der Waals surface area (Å²) in [5.41, 5.74) is 1.22. The number of carbonyl (C=O) groups is 1. The molecule has 0 N–H and O–H groups in total. The van der Waals surface area contributed by atoms with Gasteiger partial charge in [0.15, 0.2) is 12.4 Å². The molecule has 124 valence electrons. The van der Waals surface area contributed by atoms with E-state index in [9.17, 15) is 25.0 Å². The molecule has 1 aliphatic rings. The van der Waals surface area contributed by atoms with Gasteiger partial charge in [0, 0.05) is 25.6 Å². The van der Waals surface area contributed by atoms with Gasteiger partial charge in [-0.3, -0.25) is 14.9 Å². The van der Waals surface area contributed by atoms with Gasteiger partial charge in [-0.05, 0) is 16.9 Å². The van der Waals surface area contributed by atoms with E-state index in [1.54, 1.807) is 13.0 Å². The number of aromatic nitrogens is 2. The minimum Gasteiger partial charge on any atom is -0.358 e. The van der Waals surface area contributed by atoms with Crippen LogP contribution in [0.2, 0.25) is 0 Å². The minimum absolute atomic E-state index is 0.0989. The average molecular weight is 331 g/mol. The molecule has 0 saturated heterocycles. The summed E-state index contributed by atoms with van der Waals surface area (Å²) in [6, 6.07) is 4.39. The molecule has 0 fully saturated rings. The number of fused-ring (bicyclic) bond motifs is 1. The van der Waals surface area contributed by atoms with Crippen molar-refractivity contribution in [3.05, 3.63) is 56.0 Å². The SMILES string of the molecule is Cc1ncc([N+](=O)[O-])n1CC(=O)N1CCc2ccc([N+](=O)[O-])cc21. The number of anilines is 1. The third-order valence-corrected chi connectivity index (χ3v) is 3.99. The fourth-order valence-corrected chi connectivity index (χ4v) is 2.76. The van der Waals surface area contributed by atoms with Crippen LogP contribution in [0.3, 0.4) is 0 Å². The van der Waals surface area contributed by atoms with E-state index in [2.05, 4.69) is 4.98 Å². The van der Waals surface area contributed by atoms with Gasteiger partial charge in [-0.2, -0.15) is 0 Å². The lowest BCUT2D eigenvalue weighted by Gasteiger charge is -2.16. The van der Waals surface area contributed by atoms with Crippen molar-refractivity contribution >= 4 is 23.1 Å². The molecule has 0 aliphatic carbocycles. The van der Waals surface area contributed by atoms with Gasteiger partial charge in [-0.25, -0.2) is 9.55 Å². The van der Waals surface area contributed by atoms with Crippen molar-refractivity contribution in [2.45, 2.75) is 19.9 Å². The summed E-state index contributed by atoms with van der Waals surface area (Å²) in [7, 11) is 0. The van der Waals surface area contributed by atoms with Crippen LogP contribution in [0.15, 0.2) is 24.4 Å². The molecule has 0 unspecified atom stereocenters. The first kappa shape index (κ1) is 15.6. The number of rotatable bonds is 4. The summed E-state index contributed by atoms with van der Waals surface area (Å²) in [4.78, 5) is 38.6. The third kappa shape index (κ3) is 2.57. The number of nitro benzene ring substituents is 1. The van der Waals surface area contributed by atoms with Crippen LogP contribution in [-0.2, 0) is 17.8 Å². The van der Waals surface area contributed by atoms with E-state index in [-0.39, 0.29) is 24.0 Å². The van der Waals surface area contributed by atoms with E-state index in [1.807, 2.05) is 0 Å². The molecular formula is C14H13N5O5. The van der Waals surface area contributed by atoms with Gasteiger partial charge < -0.3 is 15.0 Å². The number of hydrogen-bond acceptors (Lipinski definition) is 6. The van der Waals surface area contributed by atoms with Crippen LogP contribution < -0.4 is 4.90 Å². The summed E-state index contributed by atoms with van der Waals surface area (Å²) in [6.07, 6.45) is 1.69. The molecule has 1 aromatic heterocycles. The second-order valence-electron chi connectivity index (χ2n) is 5.37. The van der Waals surface area contributed by atoms with Crippen molar-refractivity contribution in [3.63, 3.8) is 0 Å². The normalized spacial score (nSPS) is 13.0. The number of aryl methyl sites for hydroxylation is 1. The standard InChI is InChI=1S/C14H13N5O5/c1-9-15-7-13(19(23)24)17(9)8-14(20)16-5-4-10-2-3-11(18(21)22)6-12(10)16/h2-3,6-7H,4-5,8H2,1H3. The van der Waals surface area contributed by atoms with Crippen LogP contribution in [0, 0.1) is 27.2 Å². The van der Waals surface area contributed by atoms with Gasteiger partial charge >= 0.3 is 5.82 Å². The molecule has 1 aromatic carbocycles. The van der Waals surface area contributed by atoms with Gasteiger partial charge in [0.05, 0.1) is 10.6 Å². The summed E-state index contributed by atoms with van der Waals surface area (Å²) in [5.74, 6) is -0.286. The number of hydrogen-bond donors (Lipinski definition) is 0. The Morgan fingerprint density at radius 2 is 2.04 bits per heavy atom. The maximum absolute atomic E-state index is 12.6. The lowest BCUT2D eigenvalue weighted by atomic mass is 10.1. The fourth-order valence-electron chi connectivity index (χ4n) is 2.76. The molecule has 10 nitrogen and oxygen atoms in total. The summed E-state index contributed by atoms with van der Waals surface area (Å²) >= 11 is 0. The van der Waals surface area contributed by atoms with Crippen molar-refractivity contribution in [2.75, 3.05) is 11.4 Å². The van der Waals surface area contributed by atoms with Gasteiger partial charge in [0.25, 0.3) is 11.6 Å². The van der Waals surface area contributed by atoms with E-state index in [0.717, 1.165) is 11.8 Å². The maximum Gasteiger partial charge on any atom is 0.343 e. The first-order valence-electron chi connectivity index (χ1n) is 7.12. The smallest absolute Gasteiger partial charge is 0.343 e. The van der Waals surface area contributed by atoms with Gasteiger partial charge in [-0.15, -0.1) is 0 Å². The largest absolute Gasteiger partial charge is 0.358 e. The zero-order valence-corrected chi connectivity index (χ0v) is 12.7. The molecule has 0 radical (unpaired) electrons. The van der Waals surface area contributed by atoms with Crippen LogP contribution in [0.1, 0.15) is 11.4 Å². The van der Waals surface area contributed by atoms with Crippen LogP contribution >= 0.6 is 0 Å². The number of nitrogens with zero attached hydrogens (tertiary/aromatic N) is 5. The molecule has 0 saturated carbocycles. The number of non-ortho nitro benzene ring substituents is 1. The number of carbonyl (C=O) groups excluding carboxylic acids is 1. The van der Waals surface area contributed by atoms with E-state index < -0.39 is 9.85 Å². The van der Waals surface area contributed by atoms with E-state index in [0.29, 0.717) is 24.5 Å². The first-order valence-corrected chi connectivity index (χ1v) is 7.12. The predicted molar refractivity (Wildman–Crippen MR) is 82.8 cm³/mol. The van der Waals surface area contributed by atoms with Crippen molar-refractivity contribution in [1.82, 2.24) is 9.55 Å². The highest BCUT2D eigenvalue weighted by atomic mass is 16.6. The lowest BCUT2D eigenvalue weighted by Crippen LogP contribution is -2.32. The van der Waals surface area contributed by atoms with Gasteiger partial charge in [0.1, 0.15) is 6.20 Å². The Labute approximate surface area is 135 Å². The highest BCUT2D eigenvalue weighted by Crippen LogP contribution is 2.32. The topological polar surface area (TPSA) is 124 Å². The maximum atomic E-state index is 12.6. The molecular weight excluding hydrogens is 318 g/mol. The molecule has 3 rings (SSSR count). The third-order valence-electron chi connectivity index (χ3n) is 3.99. The average Bonchev–Trinajstić information content (AvgIpc) is 3.10. The molecule has 0 atom stereocenters. The Morgan fingerprint density at radius 3 is 2.71 bits per heavy atom. The van der Waals surface area contributed by atoms with Crippen LogP contribution in [0.4, 0.5) is 17.2 Å². The molecule has 24 heavy (non-hydrogen) atoms. The summed E-state index contributed by atoms with van der Waals surface area (Å²) in [6.45, 7) is 1.71. The van der Waals surface area contributed by atoms with Gasteiger partial charge in [-0.1, -0.05) is 6.07 Å². The van der Waals surface area contributed by atoms with Crippen molar-refractivity contribution in [2.24, 2.45) is 0 Å². The molecule has 1 aliphatic heterocycles. The fraction of sp³-hybridized carbons (Fsp3) is 0.286. The highest BCUT2D eigenvalue weighted by molar-refractivity contribution is 5.95. The Bertz CT molecular complexity index is 859. The molecule has 0 spiro atoms. The van der Waals surface area contributed by atoms with Crippen molar-refractivity contribution in [1.29, 1.82) is 0 Å². The second-order valence-corrected chi connectivity index (χ2v) is 5.37. The minimum atomic E-state index is -0.601. The summed E-state index contributed by atoms with van der Waals surface area (Å²) in [5, 5.41) is 21.9. The zero-order chi connectivity index (χ0) is 17.4. The van der Waals surface area contributed by atoms with E-state index in [1.165, 1.54) is 21.6 Å². The van der Waals surface area contributed by atoms with Gasteiger partial charge in [0.2, 0.25) is 0 Å². The molecule has 0 bridgehead atoms. The summed E-state index contributed by atoms with van der Waals surface area (Å²) < 4.78 is 1.22. The quantitative estimate of drug-likeness (QED) is 0.619. The Balaban J connectivity index is 1.89. The highest BCUT2D eigenvalue weighted by Gasteiger charge is 2.29. The molecule has 2 aromatic rings. The number of benzene rings is 1.